The van der Waals surface area contributed by atoms with Crippen molar-refractivity contribution < 1.29 is 4.79 Å². The lowest BCUT2D eigenvalue weighted by atomic mass is 9.95. The second kappa shape index (κ2) is 7.39. The van der Waals surface area contributed by atoms with Crippen molar-refractivity contribution in [3.63, 3.8) is 0 Å². The van der Waals surface area contributed by atoms with Gasteiger partial charge in [0.1, 0.15) is 5.82 Å². The third-order valence-corrected chi connectivity index (χ3v) is 5.44. The number of nitrogens with one attached hydrogen (secondary N) is 2. The summed E-state index contributed by atoms with van der Waals surface area (Å²) in [4.78, 5) is 14.8. The van der Waals surface area contributed by atoms with E-state index in [9.17, 15) is 4.79 Å². The van der Waals surface area contributed by atoms with Crippen LogP contribution in [0.2, 0.25) is 0 Å². The zero-order chi connectivity index (χ0) is 17.1. The van der Waals surface area contributed by atoms with Gasteiger partial charge < -0.3 is 5.32 Å². The molecule has 0 spiro atoms. The molecule has 0 radical (unpaired) electrons. The number of aromatic nitrogens is 4. The Morgan fingerprint density at radius 1 is 1.20 bits per heavy atom. The number of carbonyl (C=O) groups excluding carboxylic acids is 1. The third kappa shape index (κ3) is 3.76. The van der Waals surface area contributed by atoms with Crippen molar-refractivity contribution in [2.24, 2.45) is 0 Å². The smallest absolute Gasteiger partial charge is 0.239 e. The average molecular weight is 342 g/mol. The van der Waals surface area contributed by atoms with Crippen LogP contribution in [0.15, 0.2) is 24.5 Å². The Balaban J connectivity index is 1.34. The van der Waals surface area contributed by atoms with Crippen LogP contribution in [0.3, 0.4) is 0 Å². The van der Waals surface area contributed by atoms with E-state index in [4.69, 9.17) is 0 Å². The van der Waals surface area contributed by atoms with Crippen molar-refractivity contribution in [2.75, 3.05) is 25.0 Å². The summed E-state index contributed by atoms with van der Waals surface area (Å²) in [6, 6.07) is 4.37. The van der Waals surface area contributed by atoms with Crippen molar-refractivity contribution in [3.8, 4) is 0 Å². The van der Waals surface area contributed by atoms with E-state index in [1.807, 2.05) is 16.8 Å². The van der Waals surface area contributed by atoms with Gasteiger partial charge in [0.05, 0.1) is 18.8 Å². The Labute approximate surface area is 147 Å². The second-order valence-corrected chi connectivity index (χ2v) is 7.23. The third-order valence-electron chi connectivity index (χ3n) is 5.44. The summed E-state index contributed by atoms with van der Waals surface area (Å²) >= 11 is 0. The van der Waals surface area contributed by atoms with Crippen LogP contribution in [0.5, 0.6) is 0 Å². The highest BCUT2D eigenvalue weighted by Crippen LogP contribution is 2.31. The number of piperidine rings is 1. The zero-order valence-corrected chi connectivity index (χ0v) is 14.5. The van der Waals surface area contributed by atoms with Crippen molar-refractivity contribution >= 4 is 11.7 Å². The lowest BCUT2D eigenvalue weighted by Crippen LogP contribution is -2.40. The van der Waals surface area contributed by atoms with Gasteiger partial charge in [-0.05, 0) is 38.3 Å². The summed E-state index contributed by atoms with van der Waals surface area (Å²) in [5.74, 6) is 1.32. The first-order valence-corrected chi connectivity index (χ1v) is 9.34. The molecule has 25 heavy (non-hydrogen) atoms. The molecule has 0 unspecified atom stereocenters. The lowest BCUT2D eigenvalue weighted by Gasteiger charge is -2.31. The normalized spacial score (nSPS) is 22.3. The molecule has 2 aliphatic rings. The molecule has 2 fully saturated rings. The van der Waals surface area contributed by atoms with E-state index in [-0.39, 0.29) is 5.91 Å². The number of likely N-dealkylation sites (tertiary alicyclic amines) is 1. The van der Waals surface area contributed by atoms with E-state index in [1.54, 1.807) is 12.4 Å². The van der Waals surface area contributed by atoms with Crippen molar-refractivity contribution in [2.45, 2.75) is 50.5 Å². The number of aromatic amines is 1. The van der Waals surface area contributed by atoms with Crippen LogP contribution in [0, 0.1) is 0 Å². The minimum atomic E-state index is 0.0463. The quantitative estimate of drug-likeness (QED) is 0.875. The van der Waals surface area contributed by atoms with Crippen molar-refractivity contribution in [1.29, 1.82) is 0 Å². The Bertz CT molecular complexity index is 688. The monoisotopic (exact) mass is 342 g/mol. The maximum absolute atomic E-state index is 12.5. The fourth-order valence-corrected chi connectivity index (χ4v) is 4.19. The Morgan fingerprint density at radius 2 is 2.08 bits per heavy atom. The van der Waals surface area contributed by atoms with Gasteiger partial charge in [-0.2, -0.15) is 10.2 Å². The minimum Gasteiger partial charge on any atom is -0.310 e. The summed E-state index contributed by atoms with van der Waals surface area (Å²) in [5, 5.41) is 14.6. The summed E-state index contributed by atoms with van der Waals surface area (Å²) in [6.45, 7) is 2.30. The Hall–Kier alpha value is -2.15. The standard InChI is InChI=1S/C18H26N6O/c25-18(21-17-8-10-20-24(17)15-5-1-2-6-15)13-23-11-3-4-14(12-23)16-7-9-19-22-16/h7-10,14-15H,1-6,11-13H2,(H,19,22)(H,21,25)/t14-/m0/s1. The van der Waals surface area contributed by atoms with Crippen LogP contribution in [0.25, 0.3) is 0 Å². The van der Waals surface area contributed by atoms with E-state index in [0.717, 1.165) is 44.6 Å². The van der Waals surface area contributed by atoms with E-state index in [0.29, 0.717) is 18.5 Å². The number of nitrogens with zero attached hydrogens (tertiary/aromatic N) is 4. The molecule has 2 aromatic heterocycles. The first kappa shape index (κ1) is 16.3. The maximum Gasteiger partial charge on any atom is 0.239 e. The number of rotatable bonds is 5. The summed E-state index contributed by atoms with van der Waals surface area (Å²) in [6.07, 6.45) is 10.6. The predicted octanol–water partition coefficient (Wildman–Crippen LogP) is 2.54. The molecule has 0 aromatic carbocycles. The largest absolute Gasteiger partial charge is 0.310 e. The van der Waals surface area contributed by atoms with Crippen molar-refractivity contribution in [3.05, 3.63) is 30.2 Å². The molecule has 1 atom stereocenters. The van der Waals surface area contributed by atoms with Gasteiger partial charge >= 0.3 is 0 Å². The topological polar surface area (TPSA) is 78.8 Å². The number of amides is 1. The highest BCUT2D eigenvalue weighted by Gasteiger charge is 2.25. The van der Waals surface area contributed by atoms with Crippen LogP contribution >= 0.6 is 0 Å². The van der Waals surface area contributed by atoms with E-state index < -0.39 is 0 Å². The highest BCUT2D eigenvalue weighted by molar-refractivity contribution is 5.91. The number of anilines is 1. The average Bonchev–Trinajstić information content (AvgIpc) is 3.37. The summed E-state index contributed by atoms with van der Waals surface area (Å²) < 4.78 is 1.99. The molecule has 4 rings (SSSR count). The van der Waals surface area contributed by atoms with Crippen LogP contribution < -0.4 is 5.32 Å². The predicted molar refractivity (Wildman–Crippen MR) is 95.4 cm³/mol. The SMILES string of the molecule is O=C(CN1CCC[C@H](c2ccn[nH]2)C1)Nc1ccnn1C1CCCC1. The van der Waals surface area contributed by atoms with Gasteiger partial charge in [-0.1, -0.05) is 12.8 Å². The molecule has 2 aromatic rings. The van der Waals surface area contributed by atoms with Crippen LogP contribution in [-0.2, 0) is 4.79 Å². The molecule has 0 bridgehead atoms. The van der Waals surface area contributed by atoms with Crippen LogP contribution in [0.4, 0.5) is 5.82 Å². The van der Waals surface area contributed by atoms with Crippen molar-refractivity contribution in [1.82, 2.24) is 24.9 Å². The Morgan fingerprint density at radius 3 is 2.88 bits per heavy atom. The number of hydrogen-bond donors (Lipinski definition) is 2. The molecule has 2 N–H and O–H groups in total. The van der Waals surface area contributed by atoms with Crippen LogP contribution in [-0.4, -0.2) is 50.4 Å². The number of hydrogen-bond acceptors (Lipinski definition) is 4. The summed E-state index contributed by atoms with van der Waals surface area (Å²) in [7, 11) is 0. The minimum absolute atomic E-state index is 0.0463. The van der Waals surface area contributed by atoms with Gasteiger partial charge in [-0.15, -0.1) is 0 Å². The van der Waals surface area contributed by atoms with E-state index in [2.05, 4.69) is 25.5 Å². The number of H-pyrrole nitrogens is 1. The molecule has 1 aliphatic carbocycles. The molecular formula is C18H26N6O. The van der Waals surface area contributed by atoms with Crippen LogP contribution in [0.1, 0.15) is 56.2 Å². The zero-order valence-electron chi connectivity index (χ0n) is 14.5. The molecule has 7 heteroatoms. The highest BCUT2D eigenvalue weighted by atomic mass is 16.2. The second-order valence-electron chi connectivity index (χ2n) is 7.23. The number of carbonyl (C=O) groups is 1. The van der Waals surface area contributed by atoms with Gasteiger partial charge in [0.2, 0.25) is 5.91 Å². The fourth-order valence-electron chi connectivity index (χ4n) is 4.19. The molecule has 1 saturated carbocycles. The lowest BCUT2D eigenvalue weighted by molar-refractivity contribution is -0.117. The molecule has 7 nitrogen and oxygen atoms in total. The Kier molecular flexibility index (Phi) is 4.83. The first-order chi connectivity index (χ1) is 12.3. The molecule has 1 aliphatic heterocycles. The fraction of sp³-hybridized carbons (Fsp3) is 0.611. The van der Waals surface area contributed by atoms with Gasteiger partial charge in [0.15, 0.2) is 0 Å². The first-order valence-electron chi connectivity index (χ1n) is 9.34. The van der Waals surface area contributed by atoms with E-state index >= 15 is 0 Å². The molecule has 3 heterocycles. The van der Waals surface area contributed by atoms with Gasteiger partial charge in [-0.25, -0.2) is 4.68 Å². The molecular weight excluding hydrogens is 316 g/mol. The maximum atomic E-state index is 12.5. The van der Waals surface area contributed by atoms with Gasteiger partial charge in [-0.3, -0.25) is 14.8 Å². The van der Waals surface area contributed by atoms with E-state index in [1.165, 1.54) is 18.5 Å². The van der Waals surface area contributed by atoms with Gasteiger partial charge in [0, 0.05) is 30.4 Å². The van der Waals surface area contributed by atoms with Gasteiger partial charge in [0.25, 0.3) is 0 Å². The molecule has 1 saturated heterocycles. The molecule has 134 valence electrons. The molecule has 1 amide bonds. The summed E-state index contributed by atoms with van der Waals surface area (Å²) in [5.41, 5.74) is 1.17.